The van der Waals surface area contributed by atoms with E-state index < -0.39 is 17.6 Å². The molecule has 1 N–H and O–H groups in total. The number of amides is 1. The van der Waals surface area contributed by atoms with Crippen LogP contribution in [0.1, 0.15) is 15.9 Å². The van der Waals surface area contributed by atoms with E-state index in [9.17, 15) is 18.0 Å². The largest absolute Gasteiger partial charge is 0.457 e. The van der Waals surface area contributed by atoms with Gasteiger partial charge in [0, 0.05) is 0 Å². The SMILES string of the molecule is O=C(Nc1cc(C(F)(F)F)ccc1-n1cncn1)c1ccccc1Oc1ccccc1. The average molecular weight is 424 g/mol. The minimum Gasteiger partial charge on any atom is -0.457 e. The maximum absolute atomic E-state index is 13.2. The van der Waals surface area contributed by atoms with Crippen molar-refractivity contribution in [2.24, 2.45) is 0 Å². The first-order valence-electron chi connectivity index (χ1n) is 9.11. The van der Waals surface area contributed by atoms with Crippen LogP contribution in [0.5, 0.6) is 11.5 Å². The van der Waals surface area contributed by atoms with E-state index in [1.54, 1.807) is 42.5 Å². The number of benzene rings is 3. The molecular weight excluding hydrogens is 409 g/mol. The zero-order valence-corrected chi connectivity index (χ0v) is 15.9. The number of anilines is 1. The Hall–Kier alpha value is -4.14. The Bertz CT molecular complexity index is 1190. The second-order valence-corrected chi connectivity index (χ2v) is 6.44. The summed E-state index contributed by atoms with van der Waals surface area (Å²) >= 11 is 0. The van der Waals surface area contributed by atoms with Gasteiger partial charge in [-0.3, -0.25) is 4.79 Å². The number of rotatable bonds is 5. The summed E-state index contributed by atoms with van der Waals surface area (Å²) < 4.78 is 46.8. The third-order valence-corrected chi connectivity index (χ3v) is 4.34. The fourth-order valence-corrected chi connectivity index (χ4v) is 2.89. The van der Waals surface area contributed by atoms with Crippen LogP contribution in [-0.2, 0) is 6.18 Å². The lowest BCUT2D eigenvalue weighted by Crippen LogP contribution is -2.16. The molecule has 6 nitrogen and oxygen atoms in total. The van der Waals surface area contributed by atoms with Crippen LogP contribution in [0.4, 0.5) is 18.9 Å². The van der Waals surface area contributed by atoms with Gasteiger partial charge in [0.1, 0.15) is 24.2 Å². The van der Waals surface area contributed by atoms with E-state index in [2.05, 4.69) is 15.4 Å². The predicted molar refractivity (Wildman–Crippen MR) is 107 cm³/mol. The monoisotopic (exact) mass is 424 g/mol. The smallest absolute Gasteiger partial charge is 0.416 e. The zero-order chi connectivity index (χ0) is 21.8. The van der Waals surface area contributed by atoms with Crippen molar-refractivity contribution in [2.45, 2.75) is 6.18 Å². The first-order valence-corrected chi connectivity index (χ1v) is 9.11. The third-order valence-electron chi connectivity index (χ3n) is 4.34. The van der Waals surface area contributed by atoms with Crippen molar-refractivity contribution in [3.05, 3.63) is 96.6 Å². The molecule has 9 heteroatoms. The molecule has 0 aliphatic carbocycles. The van der Waals surface area contributed by atoms with Gasteiger partial charge >= 0.3 is 6.18 Å². The molecule has 3 aromatic carbocycles. The van der Waals surface area contributed by atoms with Crippen molar-refractivity contribution < 1.29 is 22.7 Å². The van der Waals surface area contributed by atoms with Crippen LogP contribution in [0, 0.1) is 0 Å². The number of nitrogens with zero attached hydrogens (tertiary/aromatic N) is 3. The Balaban J connectivity index is 1.69. The van der Waals surface area contributed by atoms with Crippen molar-refractivity contribution in [3.8, 4) is 17.2 Å². The first kappa shape index (κ1) is 20.1. The number of hydrogen-bond acceptors (Lipinski definition) is 4. The fourth-order valence-electron chi connectivity index (χ4n) is 2.89. The van der Waals surface area contributed by atoms with Crippen LogP contribution in [0.25, 0.3) is 5.69 Å². The molecule has 1 amide bonds. The summed E-state index contributed by atoms with van der Waals surface area (Å²) in [6.45, 7) is 0. The van der Waals surface area contributed by atoms with Crippen molar-refractivity contribution in [2.75, 3.05) is 5.32 Å². The quantitative estimate of drug-likeness (QED) is 0.470. The van der Waals surface area contributed by atoms with E-state index >= 15 is 0 Å². The molecule has 0 atom stereocenters. The molecule has 0 radical (unpaired) electrons. The molecule has 0 saturated heterocycles. The molecule has 1 heterocycles. The van der Waals surface area contributed by atoms with Gasteiger partial charge in [-0.05, 0) is 42.5 Å². The van der Waals surface area contributed by atoms with E-state index in [4.69, 9.17) is 4.74 Å². The summed E-state index contributed by atoms with van der Waals surface area (Å²) in [5.41, 5.74) is -0.575. The van der Waals surface area contributed by atoms with Gasteiger partial charge in [0.05, 0.1) is 22.5 Å². The summed E-state index contributed by atoms with van der Waals surface area (Å²) in [6, 6.07) is 18.3. The minimum atomic E-state index is -4.57. The topological polar surface area (TPSA) is 69.0 Å². The number of carbonyl (C=O) groups is 1. The number of halogens is 3. The second kappa shape index (κ2) is 8.31. The van der Waals surface area contributed by atoms with Crippen LogP contribution in [-0.4, -0.2) is 20.7 Å². The van der Waals surface area contributed by atoms with Gasteiger partial charge in [-0.1, -0.05) is 30.3 Å². The molecule has 4 aromatic rings. The lowest BCUT2D eigenvalue weighted by atomic mass is 10.1. The number of aromatic nitrogens is 3. The van der Waals surface area contributed by atoms with E-state index in [1.165, 1.54) is 29.5 Å². The summed E-state index contributed by atoms with van der Waals surface area (Å²) in [5, 5.41) is 6.49. The summed E-state index contributed by atoms with van der Waals surface area (Å²) in [5.74, 6) is 0.151. The fraction of sp³-hybridized carbons (Fsp3) is 0.0455. The van der Waals surface area contributed by atoms with Crippen molar-refractivity contribution >= 4 is 11.6 Å². The molecule has 0 fully saturated rings. The maximum Gasteiger partial charge on any atom is 0.416 e. The molecule has 0 unspecified atom stereocenters. The van der Waals surface area contributed by atoms with Crippen LogP contribution in [0.15, 0.2) is 85.5 Å². The highest BCUT2D eigenvalue weighted by molar-refractivity contribution is 6.07. The average Bonchev–Trinajstić information content (AvgIpc) is 3.29. The highest BCUT2D eigenvalue weighted by Gasteiger charge is 2.31. The Morgan fingerprint density at radius 3 is 2.42 bits per heavy atom. The lowest BCUT2D eigenvalue weighted by Gasteiger charge is -2.15. The molecule has 4 rings (SSSR count). The minimum absolute atomic E-state index is 0.0696. The number of alkyl halides is 3. The Morgan fingerprint density at radius 1 is 0.968 bits per heavy atom. The van der Waals surface area contributed by atoms with Crippen LogP contribution in [0.3, 0.4) is 0 Å². The molecule has 1 aromatic heterocycles. The Morgan fingerprint density at radius 2 is 1.71 bits per heavy atom. The third kappa shape index (κ3) is 4.55. The molecular formula is C22H15F3N4O2. The number of ether oxygens (including phenoxy) is 1. The van der Waals surface area contributed by atoms with Crippen molar-refractivity contribution in [3.63, 3.8) is 0 Å². The highest BCUT2D eigenvalue weighted by atomic mass is 19.4. The highest BCUT2D eigenvalue weighted by Crippen LogP contribution is 2.34. The van der Waals surface area contributed by atoms with Crippen LogP contribution < -0.4 is 10.1 Å². The molecule has 0 aliphatic rings. The van der Waals surface area contributed by atoms with Gasteiger partial charge in [0.25, 0.3) is 5.91 Å². The summed E-state index contributed by atoms with van der Waals surface area (Å²) in [7, 11) is 0. The predicted octanol–water partition coefficient (Wildman–Crippen LogP) is 5.33. The maximum atomic E-state index is 13.2. The number of nitrogens with one attached hydrogen (secondary N) is 1. The van der Waals surface area contributed by atoms with Gasteiger partial charge < -0.3 is 10.1 Å². The van der Waals surface area contributed by atoms with E-state index in [0.29, 0.717) is 5.75 Å². The van der Waals surface area contributed by atoms with Gasteiger partial charge in [0.15, 0.2) is 0 Å². The van der Waals surface area contributed by atoms with E-state index in [1.807, 2.05) is 6.07 Å². The molecule has 0 bridgehead atoms. The van der Waals surface area contributed by atoms with Crippen molar-refractivity contribution in [1.29, 1.82) is 0 Å². The van der Waals surface area contributed by atoms with E-state index in [0.717, 1.165) is 12.1 Å². The van der Waals surface area contributed by atoms with Gasteiger partial charge in [-0.25, -0.2) is 9.67 Å². The normalized spacial score (nSPS) is 11.2. The number of hydrogen-bond donors (Lipinski definition) is 1. The Labute approximate surface area is 174 Å². The summed E-state index contributed by atoms with van der Waals surface area (Å²) in [4.78, 5) is 16.8. The molecule has 0 aliphatic heterocycles. The van der Waals surface area contributed by atoms with Gasteiger partial charge in [-0.15, -0.1) is 0 Å². The molecule has 0 saturated carbocycles. The molecule has 156 valence electrons. The Kier molecular flexibility index (Phi) is 5.40. The number of carbonyl (C=O) groups excluding carboxylic acids is 1. The zero-order valence-electron chi connectivity index (χ0n) is 15.9. The van der Waals surface area contributed by atoms with Crippen LogP contribution >= 0.6 is 0 Å². The van der Waals surface area contributed by atoms with Crippen LogP contribution in [0.2, 0.25) is 0 Å². The summed E-state index contributed by atoms with van der Waals surface area (Å²) in [6.07, 6.45) is -2.01. The standard InChI is InChI=1S/C22H15F3N4O2/c23-22(24,25)15-10-11-19(29-14-26-13-27-29)18(12-15)28-21(30)17-8-4-5-9-20(17)31-16-6-2-1-3-7-16/h1-14H,(H,28,30). The van der Waals surface area contributed by atoms with Gasteiger partial charge in [0.2, 0.25) is 0 Å². The first-order chi connectivity index (χ1) is 14.9. The molecule has 31 heavy (non-hydrogen) atoms. The second-order valence-electron chi connectivity index (χ2n) is 6.44. The number of para-hydroxylation sites is 2. The van der Waals surface area contributed by atoms with Crippen molar-refractivity contribution in [1.82, 2.24) is 14.8 Å². The lowest BCUT2D eigenvalue weighted by molar-refractivity contribution is -0.137. The molecule has 0 spiro atoms. The van der Waals surface area contributed by atoms with E-state index in [-0.39, 0.29) is 22.7 Å². The van der Waals surface area contributed by atoms with Gasteiger partial charge in [-0.2, -0.15) is 18.3 Å².